The SMILES string of the molecule is Cc1nocc1NC(=O)OC(C)c1ccccc1Cl. The number of carbonyl (C=O) groups is 1. The molecule has 0 aliphatic carbocycles. The summed E-state index contributed by atoms with van der Waals surface area (Å²) < 4.78 is 9.96. The van der Waals surface area contributed by atoms with Gasteiger partial charge in [0, 0.05) is 10.6 Å². The van der Waals surface area contributed by atoms with Crippen molar-refractivity contribution < 1.29 is 14.1 Å². The number of benzene rings is 1. The molecule has 1 aromatic heterocycles. The third kappa shape index (κ3) is 3.26. The highest BCUT2D eigenvalue weighted by Gasteiger charge is 2.15. The maximum Gasteiger partial charge on any atom is 0.412 e. The molecule has 6 heteroatoms. The number of aryl methyl sites for hydroxylation is 1. The fraction of sp³-hybridized carbons (Fsp3) is 0.231. The Morgan fingerprint density at radius 2 is 2.21 bits per heavy atom. The molecule has 1 heterocycles. The van der Waals surface area contributed by atoms with E-state index in [-0.39, 0.29) is 0 Å². The summed E-state index contributed by atoms with van der Waals surface area (Å²) in [6.07, 6.45) is 0.309. The van der Waals surface area contributed by atoms with Gasteiger partial charge in [-0.15, -0.1) is 0 Å². The Labute approximate surface area is 115 Å². The van der Waals surface area contributed by atoms with E-state index >= 15 is 0 Å². The maximum atomic E-state index is 11.7. The van der Waals surface area contributed by atoms with Crippen molar-refractivity contribution >= 4 is 23.4 Å². The molecule has 0 saturated carbocycles. The van der Waals surface area contributed by atoms with E-state index in [0.29, 0.717) is 16.4 Å². The molecule has 0 spiro atoms. The lowest BCUT2D eigenvalue weighted by atomic mass is 10.1. The number of amides is 1. The van der Waals surface area contributed by atoms with Crippen molar-refractivity contribution in [3.63, 3.8) is 0 Å². The van der Waals surface area contributed by atoms with Crippen LogP contribution in [0.5, 0.6) is 0 Å². The largest absolute Gasteiger partial charge is 0.441 e. The topological polar surface area (TPSA) is 64.4 Å². The lowest BCUT2D eigenvalue weighted by Crippen LogP contribution is -2.16. The number of rotatable bonds is 3. The van der Waals surface area contributed by atoms with Crippen LogP contribution in [0.15, 0.2) is 35.1 Å². The zero-order chi connectivity index (χ0) is 13.8. The van der Waals surface area contributed by atoms with E-state index in [9.17, 15) is 4.79 Å². The van der Waals surface area contributed by atoms with E-state index in [1.165, 1.54) is 6.26 Å². The van der Waals surface area contributed by atoms with Crippen molar-refractivity contribution in [1.82, 2.24) is 5.16 Å². The minimum absolute atomic E-state index is 0.450. The number of carbonyl (C=O) groups excluding carboxylic acids is 1. The molecule has 100 valence electrons. The molecular weight excluding hydrogens is 268 g/mol. The Morgan fingerprint density at radius 1 is 1.47 bits per heavy atom. The van der Waals surface area contributed by atoms with Crippen LogP contribution in [0.3, 0.4) is 0 Å². The minimum Gasteiger partial charge on any atom is -0.441 e. The summed E-state index contributed by atoms with van der Waals surface area (Å²) in [5.41, 5.74) is 1.82. The van der Waals surface area contributed by atoms with Gasteiger partial charge in [-0.25, -0.2) is 4.79 Å². The summed E-state index contributed by atoms with van der Waals surface area (Å²) in [7, 11) is 0. The van der Waals surface area contributed by atoms with Gasteiger partial charge < -0.3 is 9.26 Å². The third-order valence-electron chi connectivity index (χ3n) is 2.61. The van der Waals surface area contributed by atoms with E-state index in [1.54, 1.807) is 19.9 Å². The predicted molar refractivity (Wildman–Crippen MR) is 71.2 cm³/mol. The second kappa shape index (κ2) is 5.75. The quantitative estimate of drug-likeness (QED) is 0.924. The van der Waals surface area contributed by atoms with Crippen LogP contribution in [0.2, 0.25) is 5.02 Å². The second-order valence-electron chi connectivity index (χ2n) is 4.01. The van der Waals surface area contributed by atoms with Crippen LogP contribution in [-0.2, 0) is 4.74 Å². The van der Waals surface area contributed by atoms with Crippen molar-refractivity contribution in [2.24, 2.45) is 0 Å². The Bertz CT molecular complexity index is 583. The molecule has 1 unspecified atom stereocenters. The number of nitrogens with one attached hydrogen (secondary N) is 1. The third-order valence-corrected chi connectivity index (χ3v) is 2.96. The molecule has 0 fully saturated rings. The molecule has 0 bridgehead atoms. The molecule has 1 aromatic carbocycles. The first-order chi connectivity index (χ1) is 9.08. The predicted octanol–water partition coefficient (Wildman–Crippen LogP) is 3.95. The van der Waals surface area contributed by atoms with Crippen molar-refractivity contribution in [1.29, 1.82) is 0 Å². The lowest BCUT2D eigenvalue weighted by molar-refractivity contribution is 0.121. The van der Waals surface area contributed by atoms with E-state index in [1.807, 2.05) is 18.2 Å². The number of hydrogen-bond donors (Lipinski definition) is 1. The van der Waals surface area contributed by atoms with Crippen LogP contribution in [0.4, 0.5) is 10.5 Å². The molecule has 0 aliphatic heterocycles. The summed E-state index contributed by atoms with van der Waals surface area (Å²) in [5.74, 6) is 0. The first kappa shape index (κ1) is 13.4. The van der Waals surface area contributed by atoms with Gasteiger partial charge in [0.05, 0.1) is 0 Å². The fourth-order valence-electron chi connectivity index (χ4n) is 1.58. The average molecular weight is 281 g/mol. The van der Waals surface area contributed by atoms with Crippen molar-refractivity contribution in [2.45, 2.75) is 20.0 Å². The van der Waals surface area contributed by atoms with Crippen molar-refractivity contribution in [2.75, 3.05) is 5.32 Å². The first-order valence-electron chi connectivity index (χ1n) is 5.71. The van der Waals surface area contributed by atoms with Crippen molar-refractivity contribution in [3.8, 4) is 0 Å². The van der Waals surface area contributed by atoms with Crippen LogP contribution in [0, 0.1) is 6.92 Å². The van der Waals surface area contributed by atoms with Crippen LogP contribution >= 0.6 is 11.6 Å². The van der Waals surface area contributed by atoms with Gasteiger partial charge in [-0.2, -0.15) is 0 Å². The number of hydrogen-bond acceptors (Lipinski definition) is 4. The standard InChI is InChI=1S/C13H13ClN2O3/c1-8-12(7-18-16-8)15-13(17)19-9(2)10-5-3-4-6-11(10)14/h3-7,9H,1-2H3,(H,15,17). The molecule has 1 N–H and O–H groups in total. The van der Waals surface area contributed by atoms with Crippen LogP contribution in [-0.4, -0.2) is 11.2 Å². The van der Waals surface area contributed by atoms with E-state index in [4.69, 9.17) is 20.9 Å². The van der Waals surface area contributed by atoms with Gasteiger partial charge in [-0.3, -0.25) is 5.32 Å². The smallest absolute Gasteiger partial charge is 0.412 e. The lowest BCUT2D eigenvalue weighted by Gasteiger charge is -2.14. The summed E-state index contributed by atoms with van der Waals surface area (Å²) >= 11 is 6.03. The Balaban J connectivity index is 2.00. The van der Waals surface area contributed by atoms with Gasteiger partial charge in [0.2, 0.25) is 0 Å². The summed E-state index contributed by atoms with van der Waals surface area (Å²) in [5, 5.41) is 6.76. The van der Waals surface area contributed by atoms with Gasteiger partial charge in [0.15, 0.2) is 0 Å². The number of ether oxygens (including phenoxy) is 1. The average Bonchev–Trinajstić information content (AvgIpc) is 2.75. The molecule has 1 atom stereocenters. The highest BCUT2D eigenvalue weighted by Crippen LogP contribution is 2.25. The molecule has 5 nitrogen and oxygen atoms in total. The van der Waals surface area contributed by atoms with Crippen LogP contribution in [0.1, 0.15) is 24.3 Å². The monoisotopic (exact) mass is 280 g/mol. The van der Waals surface area contributed by atoms with Crippen LogP contribution in [0.25, 0.3) is 0 Å². The van der Waals surface area contributed by atoms with Crippen molar-refractivity contribution in [3.05, 3.63) is 46.8 Å². The molecule has 2 rings (SSSR count). The highest BCUT2D eigenvalue weighted by atomic mass is 35.5. The Morgan fingerprint density at radius 3 is 2.84 bits per heavy atom. The normalized spacial score (nSPS) is 11.9. The van der Waals surface area contributed by atoms with Gasteiger partial charge >= 0.3 is 6.09 Å². The minimum atomic E-state index is -0.585. The van der Waals surface area contributed by atoms with E-state index < -0.39 is 12.2 Å². The summed E-state index contributed by atoms with van der Waals surface area (Å²) in [4.78, 5) is 11.7. The van der Waals surface area contributed by atoms with Crippen LogP contribution < -0.4 is 5.32 Å². The van der Waals surface area contributed by atoms with Gasteiger partial charge in [-0.05, 0) is 19.9 Å². The number of anilines is 1. The van der Waals surface area contributed by atoms with E-state index in [0.717, 1.165) is 5.56 Å². The number of nitrogens with zero attached hydrogens (tertiary/aromatic N) is 1. The Hall–Kier alpha value is -2.01. The molecule has 0 aliphatic rings. The highest BCUT2D eigenvalue weighted by molar-refractivity contribution is 6.31. The summed E-state index contributed by atoms with van der Waals surface area (Å²) in [6.45, 7) is 3.47. The zero-order valence-corrected chi connectivity index (χ0v) is 11.3. The molecular formula is C13H13ClN2O3. The number of halogens is 1. The fourth-order valence-corrected chi connectivity index (χ4v) is 1.87. The maximum absolute atomic E-state index is 11.7. The molecule has 0 radical (unpaired) electrons. The zero-order valence-electron chi connectivity index (χ0n) is 10.5. The first-order valence-corrected chi connectivity index (χ1v) is 6.08. The van der Waals surface area contributed by atoms with Gasteiger partial charge in [0.25, 0.3) is 0 Å². The number of aromatic nitrogens is 1. The summed E-state index contributed by atoms with van der Waals surface area (Å²) in [6, 6.07) is 7.21. The van der Waals surface area contributed by atoms with Gasteiger partial charge in [0.1, 0.15) is 23.7 Å². The van der Waals surface area contributed by atoms with Gasteiger partial charge in [-0.1, -0.05) is 35.0 Å². The van der Waals surface area contributed by atoms with E-state index in [2.05, 4.69) is 10.5 Å². The molecule has 1 amide bonds. The second-order valence-corrected chi connectivity index (χ2v) is 4.41. The Kier molecular flexibility index (Phi) is 4.06. The molecule has 0 saturated heterocycles. The molecule has 19 heavy (non-hydrogen) atoms. The molecule has 2 aromatic rings.